The number of carbonyl (C=O) groups is 1. The van der Waals surface area contributed by atoms with Crippen molar-refractivity contribution in [1.82, 2.24) is 29.6 Å². The summed E-state index contributed by atoms with van der Waals surface area (Å²) in [6, 6.07) is 24.1. The van der Waals surface area contributed by atoms with Crippen molar-refractivity contribution in [1.29, 1.82) is 5.26 Å². The predicted octanol–water partition coefficient (Wildman–Crippen LogP) is 9.25. The molecule has 1 aliphatic carbocycles. The number of ether oxygens (including phenoxy) is 1. The highest BCUT2D eigenvalue weighted by Crippen LogP contribution is 2.42. The Balaban J connectivity index is 0.754. The number of imidazole rings is 1. The fraction of sp³-hybridized carbons (Fsp3) is 0.388. The van der Waals surface area contributed by atoms with E-state index in [2.05, 4.69) is 31.4 Å². The van der Waals surface area contributed by atoms with Gasteiger partial charge in [-0.25, -0.2) is 13.6 Å². The van der Waals surface area contributed by atoms with Crippen LogP contribution in [0.1, 0.15) is 90.7 Å². The molecule has 0 spiro atoms. The summed E-state index contributed by atoms with van der Waals surface area (Å²) in [5.74, 6) is 1.67. The van der Waals surface area contributed by atoms with Crippen LogP contribution < -0.4 is 25.5 Å². The molecule has 0 unspecified atom stereocenters. The number of hydrogen-bond donors (Lipinski definition) is 1. The van der Waals surface area contributed by atoms with Gasteiger partial charge < -0.3 is 19.9 Å². The third kappa shape index (κ3) is 8.91. The summed E-state index contributed by atoms with van der Waals surface area (Å²) < 4.78 is 38.8. The molecule has 0 atom stereocenters. The van der Waals surface area contributed by atoms with Gasteiger partial charge in [0.05, 0.1) is 27.7 Å². The molecule has 3 aromatic carbocycles. The van der Waals surface area contributed by atoms with Crippen molar-refractivity contribution < 1.29 is 18.3 Å². The van der Waals surface area contributed by atoms with Crippen molar-refractivity contribution >= 4 is 45.7 Å². The SMILES string of the molecule is Cn1c(=O)n(C)c2cc(N3CCCc4cc(-c5ccc(CCC6CCN(c7ccc(C(=O)NC8CCC(Oc9ccc(C#N)c(Cl)c9)CC8)nn7)CC6)nc5)c(C(F)F)cc43)ccc21. The molecule has 9 rings (SSSR count). The fourth-order valence-corrected chi connectivity index (χ4v) is 9.81. The number of aromatic nitrogens is 5. The molecule has 6 aromatic rings. The van der Waals surface area contributed by atoms with E-state index < -0.39 is 6.43 Å². The van der Waals surface area contributed by atoms with E-state index in [0.29, 0.717) is 45.6 Å². The van der Waals surface area contributed by atoms with Crippen LogP contribution in [0.15, 0.2) is 83.8 Å². The third-order valence-corrected chi connectivity index (χ3v) is 13.6. The van der Waals surface area contributed by atoms with Crippen LogP contribution in [0.5, 0.6) is 5.75 Å². The van der Waals surface area contributed by atoms with E-state index in [1.165, 1.54) is 0 Å². The number of aryl methyl sites for hydroxylation is 4. The zero-order chi connectivity index (χ0) is 44.5. The highest BCUT2D eigenvalue weighted by Gasteiger charge is 2.28. The lowest BCUT2D eigenvalue weighted by atomic mass is 9.90. The molecule has 5 heterocycles. The summed E-state index contributed by atoms with van der Waals surface area (Å²) in [6.07, 6.45) is 7.63. The molecule has 1 saturated heterocycles. The minimum atomic E-state index is -2.66. The smallest absolute Gasteiger partial charge is 0.328 e. The van der Waals surface area contributed by atoms with Gasteiger partial charge in [-0.05, 0) is 142 Å². The van der Waals surface area contributed by atoms with Gasteiger partial charge in [-0.15, -0.1) is 10.2 Å². The average Bonchev–Trinajstić information content (AvgIpc) is 3.53. The Morgan fingerprint density at radius 1 is 0.922 bits per heavy atom. The largest absolute Gasteiger partial charge is 0.490 e. The Morgan fingerprint density at radius 2 is 1.72 bits per heavy atom. The van der Waals surface area contributed by atoms with Crippen LogP contribution in [-0.2, 0) is 26.9 Å². The van der Waals surface area contributed by atoms with Gasteiger partial charge in [-0.2, -0.15) is 5.26 Å². The lowest BCUT2D eigenvalue weighted by Crippen LogP contribution is -2.40. The first-order valence-corrected chi connectivity index (χ1v) is 22.5. The second-order valence-electron chi connectivity index (χ2n) is 17.3. The Bertz CT molecular complexity index is 2770. The number of piperidine rings is 1. The summed E-state index contributed by atoms with van der Waals surface area (Å²) in [5, 5.41) is 21.3. The number of carbonyl (C=O) groups excluding carboxylic acids is 1. The maximum Gasteiger partial charge on any atom is 0.328 e. The quantitative estimate of drug-likeness (QED) is 0.135. The number of hydrogen-bond acceptors (Lipinski definition) is 9. The van der Waals surface area contributed by atoms with Gasteiger partial charge in [-0.3, -0.25) is 18.9 Å². The topological polar surface area (TPSA) is 134 Å². The van der Waals surface area contributed by atoms with E-state index >= 15 is 0 Å². The monoisotopic (exact) mass is 885 g/mol. The second-order valence-corrected chi connectivity index (χ2v) is 17.7. The standard InChI is InChI=1S/C49H50ClF2N9O3/c1-58-43-17-12-36(25-45(43)59(2)49(58)63)61-21-3-4-31-24-39(40(47(51)52)27-44(31)61)33-6-9-34(54-29-33)8-5-30-19-22-60(23-20-30)46-18-16-42(56-57-46)48(62)55-35-10-14-37(15-11-35)64-38-13-7-32(28-53)41(50)26-38/h6-7,9,12-13,16-18,24-27,29-30,35,37,47H,3-5,8,10-11,14-15,19-23H2,1-2H3,(H,55,62). The van der Waals surface area contributed by atoms with Crippen molar-refractivity contribution in [2.75, 3.05) is 29.4 Å². The number of nitriles is 1. The first-order valence-electron chi connectivity index (χ1n) is 22.1. The van der Waals surface area contributed by atoms with Crippen molar-refractivity contribution in [3.63, 3.8) is 0 Å². The normalized spacial score (nSPS) is 18.0. The lowest BCUT2D eigenvalue weighted by molar-refractivity contribution is 0.0888. The van der Waals surface area contributed by atoms with E-state index in [1.807, 2.05) is 42.5 Å². The van der Waals surface area contributed by atoms with Crippen molar-refractivity contribution in [3.8, 4) is 22.9 Å². The number of anilines is 3. The van der Waals surface area contributed by atoms with Crippen molar-refractivity contribution in [2.45, 2.75) is 82.8 Å². The molecule has 2 aliphatic heterocycles. The Labute approximate surface area is 375 Å². The number of pyridine rings is 1. The van der Waals surface area contributed by atoms with Crippen LogP contribution in [0.3, 0.4) is 0 Å². The zero-order valence-electron chi connectivity index (χ0n) is 35.9. The summed E-state index contributed by atoms with van der Waals surface area (Å²) in [4.78, 5) is 34.7. The number of amides is 1. The molecule has 64 heavy (non-hydrogen) atoms. The Morgan fingerprint density at radius 3 is 2.42 bits per heavy atom. The van der Waals surface area contributed by atoms with E-state index in [0.717, 1.165) is 117 Å². The molecule has 2 fully saturated rings. The number of nitrogens with one attached hydrogen (secondary N) is 1. The van der Waals surface area contributed by atoms with Crippen LogP contribution in [-0.4, -0.2) is 62.0 Å². The average molecular weight is 886 g/mol. The fourth-order valence-electron chi connectivity index (χ4n) is 9.60. The van der Waals surface area contributed by atoms with Gasteiger partial charge in [0.25, 0.3) is 12.3 Å². The van der Waals surface area contributed by atoms with Crippen LogP contribution in [0.4, 0.5) is 26.0 Å². The zero-order valence-corrected chi connectivity index (χ0v) is 36.7. The molecule has 0 bridgehead atoms. The van der Waals surface area contributed by atoms with E-state index in [9.17, 15) is 18.4 Å². The summed E-state index contributed by atoms with van der Waals surface area (Å²) >= 11 is 6.15. The Kier molecular flexibility index (Phi) is 12.4. The second kappa shape index (κ2) is 18.4. The number of fused-ring (bicyclic) bond motifs is 2. The first kappa shape index (κ1) is 42.9. The summed E-state index contributed by atoms with van der Waals surface area (Å²) in [6.45, 7) is 2.37. The first-order chi connectivity index (χ1) is 31.0. The third-order valence-electron chi connectivity index (χ3n) is 13.3. The van der Waals surface area contributed by atoms with Crippen molar-refractivity contribution in [3.05, 3.63) is 123 Å². The van der Waals surface area contributed by atoms with E-state index in [-0.39, 0.29) is 29.3 Å². The van der Waals surface area contributed by atoms with Gasteiger partial charge in [0.1, 0.15) is 11.8 Å². The molecular weight excluding hydrogens is 836 g/mol. The number of benzene rings is 3. The van der Waals surface area contributed by atoms with Gasteiger partial charge in [-0.1, -0.05) is 17.7 Å². The van der Waals surface area contributed by atoms with Crippen LogP contribution >= 0.6 is 11.6 Å². The molecular formula is C49H50ClF2N9O3. The predicted molar refractivity (Wildman–Crippen MR) is 244 cm³/mol. The molecule has 1 amide bonds. The summed E-state index contributed by atoms with van der Waals surface area (Å²) in [5.41, 5.74) is 6.99. The molecule has 3 aliphatic rings. The maximum absolute atomic E-state index is 14.8. The molecule has 12 nitrogen and oxygen atoms in total. The minimum absolute atomic E-state index is 0.0132. The highest BCUT2D eigenvalue weighted by molar-refractivity contribution is 6.31. The van der Waals surface area contributed by atoms with Crippen LogP contribution in [0, 0.1) is 17.2 Å². The van der Waals surface area contributed by atoms with E-state index in [4.69, 9.17) is 26.6 Å². The molecule has 3 aromatic heterocycles. The maximum atomic E-state index is 14.8. The number of nitrogens with zero attached hydrogens (tertiary/aromatic N) is 8. The summed E-state index contributed by atoms with van der Waals surface area (Å²) in [7, 11) is 3.49. The molecule has 0 radical (unpaired) electrons. The van der Waals surface area contributed by atoms with Gasteiger partial charge in [0.2, 0.25) is 0 Å². The van der Waals surface area contributed by atoms with Crippen LogP contribution in [0.2, 0.25) is 5.02 Å². The number of halogens is 3. The molecule has 1 N–H and O–H groups in total. The molecule has 330 valence electrons. The highest BCUT2D eigenvalue weighted by atomic mass is 35.5. The van der Waals surface area contributed by atoms with Gasteiger partial charge >= 0.3 is 5.69 Å². The van der Waals surface area contributed by atoms with Crippen LogP contribution in [0.25, 0.3) is 22.2 Å². The minimum Gasteiger partial charge on any atom is -0.490 e. The Hall–Kier alpha value is -6.33. The van der Waals surface area contributed by atoms with E-state index in [1.54, 1.807) is 59.8 Å². The molecule has 15 heteroatoms. The molecule has 1 saturated carbocycles. The number of alkyl halides is 2. The van der Waals surface area contributed by atoms with Gasteiger partial charge in [0.15, 0.2) is 11.5 Å². The van der Waals surface area contributed by atoms with Gasteiger partial charge in [0, 0.05) is 80.2 Å². The number of rotatable bonds is 11. The van der Waals surface area contributed by atoms with Crippen molar-refractivity contribution in [2.24, 2.45) is 20.0 Å². The lowest BCUT2D eigenvalue weighted by Gasteiger charge is -2.33.